The van der Waals surface area contributed by atoms with Crippen molar-refractivity contribution in [1.82, 2.24) is 19.5 Å². The molecule has 0 aliphatic carbocycles. The molecule has 1 aliphatic rings. The SMILES string of the molecule is Cc1cccc(N2CCN(C(=O)c3ccn4c(-c5cccc(Cl)c5)nnc4c3)CC2)c1C. The maximum atomic E-state index is 13.2. The van der Waals surface area contributed by atoms with Gasteiger partial charge in [-0.05, 0) is 55.3 Å². The van der Waals surface area contributed by atoms with Gasteiger partial charge in [0.2, 0.25) is 0 Å². The van der Waals surface area contributed by atoms with E-state index >= 15 is 0 Å². The van der Waals surface area contributed by atoms with E-state index in [2.05, 4.69) is 47.1 Å². The number of fused-ring (bicyclic) bond motifs is 1. The summed E-state index contributed by atoms with van der Waals surface area (Å²) in [7, 11) is 0. The van der Waals surface area contributed by atoms with Crippen molar-refractivity contribution < 1.29 is 4.79 Å². The van der Waals surface area contributed by atoms with Gasteiger partial charge in [0, 0.05) is 54.2 Å². The number of aryl methyl sites for hydroxylation is 1. The van der Waals surface area contributed by atoms with E-state index in [0.29, 0.717) is 35.1 Å². The van der Waals surface area contributed by atoms with Gasteiger partial charge in [-0.25, -0.2) is 0 Å². The lowest BCUT2D eigenvalue weighted by Crippen LogP contribution is -2.49. The minimum absolute atomic E-state index is 0.0282. The van der Waals surface area contributed by atoms with E-state index in [-0.39, 0.29) is 5.91 Å². The summed E-state index contributed by atoms with van der Waals surface area (Å²) in [6.07, 6.45) is 1.85. The average Bonchev–Trinajstić information content (AvgIpc) is 3.24. The van der Waals surface area contributed by atoms with Gasteiger partial charge in [-0.15, -0.1) is 10.2 Å². The van der Waals surface area contributed by atoms with Gasteiger partial charge in [-0.3, -0.25) is 9.20 Å². The molecule has 3 heterocycles. The summed E-state index contributed by atoms with van der Waals surface area (Å²) in [5.74, 6) is 0.726. The first-order valence-electron chi connectivity index (χ1n) is 10.7. The van der Waals surface area contributed by atoms with Crippen LogP contribution < -0.4 is 4.90 Å². The molecule has 0 spiro atoms. The van der Waals surface area contributed by atoms with Gasteiger partial charge < -0.3 is 9.80 Å². The van der Waals surface area contributed by atoms with Crippen molar-refractivity contribution in [3.8, 4) is 11.4 Å². The molecule has 1 saturated heterocycles. The van der Waals surface area contributed by atoms with Gasteiger partial charge in [0.15, 0.2) is 11.5 Å². The molecular weight excluding hydrogens is 422 g/mol. The third-order valence-corrected chi connectivity index (χ3v) is 6.46. The smallest absolute Gasteiger partial charge is 0.254 e. The Morgan fingerprint density at radius 3 is 2.50 bits per heavy atom. The number of hydrogen-bond donors (Lipinski definition) is 0. The van der Waals surface area contributed by atoms with E-state index in [4.69, 9.17) is 11.6 Å². The van der Waals surface area contributed by atoms with Gasteiger partial charge in [-0.1, -0.05) is 35.9 Å². The Morgan fingerprint density at radius 1 is 0.938 bits per heavy atom. The van der Waals surface area contributed by atoms with Crippen LogP contribution in [0.5, 0.6) is 0 Å². The molecule has 0 bridgehead atoms. The van der Waals surface area contributed by atoms with Gasteiger partial charge in [-0.2, -0.15) is 0 Å². The standard InChI is InChI=1S/C25H24ClN5O/c1-17-5-3-8-22(18(17)2)29-11-13-30(14-12-29)25(32)20-9-10-31-23(16-20)27-28-24(31)19-6-4-7-21(26)15-19/h3-10,15-16H,11-14H2,1-2H3. The van der Waals surface area contributed by atoms with Crippen molar-refractivity contribution in [1.29, 1.82) is 0 Å². The normalized spacial score (nSPS) is 14.2. The molecule has 0 atom stereocenters. The molecule has 0 radical (unpaired) electrons. The molecule has 0 unspecified atom stereocenters. The number of nitrogens with zero attached hydrogens (tertiary/aromatic N) is 5. The number of hydrogen-bond acceptors (Lipinski definition) is 4. The van der Waals surface area contributed by atoms with Gasteiger partial charge in [0.05, 0.1) is 0 Å². The molecule has 4 aromatic rings. The molecule has 6 nitrogen and oxygen atoms in total. The highest BCUT2D eigenvalue weighted by atomic mass is 35.5. The third kappa shape index (κ3) is 3.71. The molecule has 1 amide bonds. The number of amides is 1. The summed E-state index contributed by atoms with van der Waals surface area (Å²) in [4.78, 5) is 17.4. The molecule has 32 heavy (non-hydrogen) atoms. The maximum Gasteiger partial charge on any atom is 0.254 e. The van der Waals surface area contributed by atoms with Crippen LogP contribution in [0, 0.1) is 13.8 Å². The largest absolute Gasteiger partial charge is 0.368 e. The highest BCUT2D eigenvalue weighted by molar-refractivity contribution is 6.30. The third-order valence-electron chi connectivity index (χ3n) is 6.22. The van der Waals surface area contributed by atoms with Crippen molar-refractivity contribution in [2.24, 2.45) is 0 Å². The van der Waals surface area contributed by atoms with Crippen molar-refractivity contribution in [3.63, 3.8) is 0 Å². The summed E-state index contributed by atoms with van der Waals surface area (Å²) in [5.41, 5.74) is 6.00. The zero-order valence-electron chi connectivity index (χ0n) is 18.1. The van der Waals surface area contributed by atoms with Crippen molar-refractivity contribution >= 4 is 28.8 Å². The first kappa shape index (κ1) is 20.5. The zero-order chi connectivity index (χ0) is 22.2. The number of halogens is 1. The molecule has 1 aliphatic heterocycles. The highest BCUT2D eigenvalue weighted by Gasteiger charge is 2.24. The Bertz CT molecular complexity index is 1310. The van der Waals surface area contributed by atoms with Gasteiger partial charge in [0.25, 0.3) is 5.91 Å². The topological polar surface area (TPSA) is 53.7 Å². The lowest BCUT2D eigenvalue weighted by Gasteiger charge is -2.37. The first-order chi connectivity index (χ1) is 15.5. The number of carbonyl (C=O) groups is 1. The van der Waals surface area contributed by atoms with Crippen LogP contribution in [-0.4, -0.2) is 51.6 Å². The van der Waals surface area contributed by atoms with Crippen LogP contribution in [0.2, 0.25) is 5.02 Å². The molecule has 162 valence electrons. The summed E-state index contributed by atoms with van der Waals surface area (Å²) in [5, 5.41) is 9.22. The summed E-state index contributed by atoms with van der Waals surface area (Å²) in [6.45, 7) is 7.32. The van der Waals surface area contributed by atoms with Gasteiger partial charge >= 0.3 is 0 Å². The lowest BCUT2D eigenvalue weighted by atomic mass is 10.1. The quantitative estimate of drug-likeness (QED) is 0.461. The molecule has 1 fully saturated rings. The molecule has 2 aromatic heterocycles. The highest BCUT2D eigenvalue weighted by Crippen LogP contribution is 2.25. The fourth-order valence-corrected chi connectivity index (χ4v) is 4.45. The van der Waals surface area contributed by atoms with Crippen molar-refractivity contribution in [3.05, 3.63) is 82.5 Å². The number of anilines is 1. The van der Waals surface area contributed by atoms with Crippen LogP contribution in [0.25, 0.3) is 17.0 Å². The Hall–Kier alpha value is -3.38. The minimum Gasteiger partial charge on any atom is -0.368 e. The number of carbonyl (C=O) groups excluding carboxylic acids is 1. The number of rotatable bonds is 3. The average molecular weight is 446 g/mol. The van der Waals surface area contributed by atoms with E-state index in [1.165, 1.54) is 16.8 Å². The lowest BCUT2D eigenvalue weighted by molar-refractivity contribution is 0.0746. The molecule has 5 rings (SSSR count). The predicted molar refractivity (Wildman–Crippen MR) is 127 cm³/mol. The first-order valence-corrected chi connectivity index (χ1v) is 11.1. The molecule has 0 N–H and O–H groups in total. The summed E-state index contributed by atoms with van der Waals surface area (Å²) in [6, 6.07) is 17.5. The van der Waals surface area contributed by atoms with Crippen LogP contribution in [0.4, 0.5) is 5.69 Å². The molecular formula is C25H24ClN5O. The van der Waals surface area contributed by atoms with Crippen LogP contribution in [-0.2, 0) is 0 Å². The van der Waals surface area contributed by atoms with Crippen molar-refractivity contribution in [2.45, 2.75) is 13.8 Å². The van der Waals surface area contributed by atoms with E-state index in [1.807, 2.05) is 45.8 Å². The van der Waals surface area contributed by atoms with E-state index in [0.717, 1.165) is 18.7 Å². The Labute approximate surface area is 192 Å². The van der Waals surface area contributed by atoms with Crippen LogP contribution in [0.15, 0.2) is 60.8 Å². The second kappa shape index (κ2) is 8.28. The number of pyridine rings is 1. The number of benzene rings is 2. The van der Waals surface area contributed by atoms with E-state index in [1.54, 1.807) is 6.07 Å². The van der Waals surface area contributed by atoms with Crippen LogP contribution in [0.1, 0.15) is 21.5 Å². The maximum absolute atomic E-state index is 13.2. The Morgan fingerprint density at radius 2 is 1.72 bits per heavy atom. The Balaban J connectivity index is 1.33. The molecule has 7 heteroatoms. The predicted octanol–water partition coefficient (Wildman–Crippen LogP) is 4.63. The Kier molecular flexibility index (Phi) is 5.31. The minimum atomic E-state index is 0.0282. The second-order valence-electron chi connectivity index (χ2n) is 8.18. The van der Waals surface area contributed by atoms with Crippen LogP contribution >= 0.6 is 11.6 Å². The monoisotopic (exact) mass is 445 g/mol. The second-order valence-corrected chi connectivity index (χ2v) is 8.61. The number of piperazine rings is 1. The summed E-state index contributed by atoms with van der Waals surface area (Å²) >= 11 is 6.12. The fraction of sp³-hybridized carbons (Fsp3) is 0.240. The summed E-state index contributed by atoms with van der Waals surface area (Å²) < 4.78 is 1.88. The molecule has 0 saturated carbocycles. The number of aromatic nitrogens is 3. The van der Waals surface area contributed by atoms with Gasteiger partial charge in [0.1, 0.15) is 0 Å². The van der Waals surface area contributed by atoms with Crippen molar-refractivity contribution in [2.75, 3.05) is 31.1 Å². The fourth-order valence-electron chi connectivity index (χ4n) is 4.26. The zero-order valence-corrected chi connectivity index (χ0v) is 18.9. The van der Waals surface area contributed by atoms with E-state index < -0.39 is 0 Å². The van der Waals surface area contributed by atoms with E-state index in [9.17, 15) is 4.79 Å². The molecule has 2 aromatic carbocycles. The van der Waals surface area contributed by atoms with Crippen LogP contribution in [0.3, 0.4) is 0 Å².